The van der Waals surface area contributed by atoms with Crippen LogP contribution in [0.2, 0.25) is 0 Å². The van der Waals surface area contributed by atoms with Crippen molar-refractivity contribution in [2.45, 2.75) is 19.3 Å². The van der Waals surface area contributed by atoms with Crippen molar-refractivity contribution < 1.29 is 0 Å². The summed E-state index contributed by atoms with van der Waals surface area (Å²) in [6.07, 6.45) is 3.19. The normalized spacial score (nSPS) is 24.0. The molecular weight excluding hydrogens is 230 g/mol. The zero-order valence-electron chi connectivity index (χ0n) is 7.76. The molecule has 0 aromatic carbocycles. The molecule has 2 rings (SSSR count). The monoisotopic (exact) mass is 243 g/mol. The Labute approximate surface area is 86.7 Å². The molecule has 0 amide bonds. The van der Waals surface area contributed by atoms with E-state index in [4.69, 9.17) is 0 Å². The minimum absolute atomic E-state index is 0.652. The molecule has 1 N–H and O–H groups in total. The van der Waals surface area contributed by atoms with Gasteiger partial charge in [-0.25, -0.2) is 4.98 Å². The highest BCUT2D eigenvalue weighted by Crippen LogP contribution is 2.26. The predicted molar refractivity (Wildman–Crippen MR) is 55.8 cm³/mol. The first-order valence-electron chi connectivity index (χ1n) is 4.72. The molecule has 2 heterocycles. The summed E-state index contributed by atoms with van der Waals surface area (Å²) in [7, 11) is 0. The summed E-state index contributed by atoms with van der Waals surface area (Å²) in [5.41, 5.74) is 1.27. The molecule has 0 saturated carbocycles. The molecule has 0 bridgehead atoms. The second-order valence-electron chi connectivity index (χ2n) is 3.51. The van der Waals surface area contributed by atoms with Crippen molar-refractivity contribution in [1.82, 2.24) is 14.9 Å². The summed E-state index contributed by atoms with van der Waals surface area (Å²) in [5, 5.41) is 0. The van der Waals surface area contributed by atoms with Gasteiger partial charge in [0.25, 0.3) is 0 Å². The predicted octanol–water partition coefficient (Wildman–Crippen LogP) is 1.98. The number of hydrogen-bond donors (Lipinski definition) is 1. The third kappa shape index (κ3) is 1.94. The van der Waals surface area contributed by atoms with Crippen molar-refractivity contribution in [2.24, 2.45) is 0 Å². The molecule has 72 valence electrons. The minimum atomic E-state index is 0.652. The molecule has 3 nitrogen and oxygen atoms in total. The molecule has 1 atom stereocenters. The fourth-order valence-corrected chi connectivity index (χ4v) is 2.22. The Morgan fingerprint density at radius 2 is 2.62 bits per heavy atom. The van der Waals surface area contributed by atoms with E-state index in [0.29, 0.717) is 5.92 Å². The number of likely N-dealkylation sites (N-methyl/N-ethyl adjacent to an activating group) is 1. The first-order chi connectivity index (χ1) is 6.29. The summed E-state index contributed by atoms with van der Waals surface area (Å²) >= 11 is 3.33. The van der Waals surface area contributed by atoms with Gasteiger partial charge in [-0.05, 0) is 35.4 Å². The Balaban J connectivity index is 2.03. The second-order valence-corrected chi connectivity index (χ2v) is 4.26. The van der Waals surface area contributed by atoms with Gasteiger partial charge in [0.2, 0.25) is 0 Å². The summed E-state index contributed by atoms with van der Waals surface area (Å²) in [4.78, 5) is 9.87. The van der Waals surface area contributed by atoms with E-state index < -0.39 is 0 Å². The van der Waals surface area contributed by atoms with Gasteiger partial charge in [-0.15, -0.1) is 0 Å². The van der Waals surface area contributed by atoms with Crippen molar-refractivity contribution in [3.05, 3.63) is 16.6 Å². The zero-order chi connectivity index (χ0) is 9.26. The van der Waals surface area contributed by atoms with Crippen molar-refractivity contribution >= 4 is 15.9 Å². The third-order valence-electron chi connectivity index (χ3n) is 2.72. The third-order valence-corrected chi connectivity index (χ3v) is 3.13. The van der Waals surface area contributed by atoms with Gasteiger partial charge in [-0.2, -0.15) is 0 Å². The van der Waals surface area contributed by atoms with Crippen LogP contribution in [0, 0.1) is 0 Å². The van der Waals surface area contributed by atoms with Gasteiger partial charge < -0.3 is 9.88 Å². The van der Waals surface area contributed by atoms with Crippen LogP contribution in [-0.2, 0) is 0 Å². The molecular formula is C9H14BrN3. The van der Waals surface area contributed by atoms with Crippen molar-refractivity contribution in [3.8, 4) is 0 Å². The Bertz CT molecular complexity index is 284. The van der Waals surface area contributed by atoms with Gasteiger partial charge in [-0.1, -0.05) is 6.92 Å². The maximum atomic E-state index is 4.15. The SMILES string of the molecule is CCN1CCC(c2cnc(Br)[nH]2)C1. The lowest BCUT2D eigenvalue weighted by molar-refractivity contribution is 0.353. The molecule has 0 aliphatic carbocycles. The number of aromatic amines is 1. The van der Waals surface area contributed by atoms with E-state index in [-0.39, 0.29) is 0 Å². The average Bonchev–Trinajstić information content (AvgIpc) is 2.71. The van der Waals surface area contributed by atoms with Crippen LogP contribution in [0.1, 0.15) is 25.0 Å². The number of hydrogen-bond acceptors (Lipinski definition) is 2. The first-order valence-corrected chi connectivity index (χ1v) is 5.51. The molecule has 1 unspecified atom stereocenters. The number of nitrogens with one attached hydrogen (secondary N) is 1. The van der Waals surface area contributed by atoms with Crippen LogP contribution < -0.4 is 0 Å². The van der Waals surface area contributed by atoms with Gasteiger partial charge in [-0.3, -0.25) is 0 Å². The number of aromatic nitrogens is 2. The topological polar surface area (TPSA) is 31.9 Å². The van der Waals surface area contributed by atoms with Gasteiger partial charge in [0.15, 0.2) is 4.73 Å². The van der Waals surface area contributed by atoms with Crippen LogP contribution in [0.3, 0.4) is 0 Å². The second kappa shape index (κ2) is 3.80. The molecule has 1 aromatic heterocycles. The van der Waals surface area contributed by atoms with Crippen LogP contribution in [0.5, 0.6) is 0 Å². The highest BCUT2D eigenvalue weighted by molar-refractivity contribution is 9.10. The Kier molecular flexibility index (Phi) is 2.69. The van der Waals surface area contributed by atoms with E-state index in [2.05, 4.69) is 37.7 Å². The van der Waals surface area contributed by atoms with E-state index in [1.165, 1.54) is 25.2 Å². The number of likely N-dealkylation sites (tertiary alicyclic amines) is 1. The molecule has 1 aliphatic rings. The van der Waals surface area contributed by atoms with E-state index in [1.54, 1.807) is 0 Å². The molecule has 1 aliphatic heterocycles. The summed E-state index contributed by atoms with van der Waals surface area (Å²) < 4.78 is 0.845. The molecule has 1 saturated heterocycles. The lowest BCUT2D eigenvalue weighted by atomic mass is 10.1. The molecule has 0 radical (unpaired) electrons. The standard InChI is InChI=1S/C9H14BrN3/c1-2-13-4-3-7(6-13)8-5-11-9(10)12-8/h5,7H,2-4,6H2,1H3,(H,11,12). The smallest absolute Gasteiger partial charge is 0.174 e. The number of rotatable bonds is 2. The van der Waals surface area contributed by atoms with Gasteiger partial charge in [0.1, 0.15) is 0 Å². The van der Waals surface area contributed by atoms with Gasteiger partial charge in [0, 0.05) is 24.4 Å². The molecule has 1 fully saturated rings. The highest BCUT2D eigenvalue weighted by Gasteiger charge is 2.23. The molecule has 1 aromatic rings. The van der Waals surface area contributed by atoms with Crippen molar-refractivity contribution in [2.75, 3.05) is 19.6 Å². The van der Waals surface area contributed by atoms with Crippen molar-refractivity contribution in [1.29, 1.82) is 0 Å². The van der Waals surface area contributed by atoms with Crippen LogP contribution in [0.4, 0.5) is 0 Å². The molecule has 0 spiro atoms. The molecule has 13 heavy (non-hydrogen) atoms. The number of imidazole rings is 1. The number of nitrogens with zero attached hydrogens (tertiary/aromatic N) is 2. The molecule has 4 heteroatoms. The minimum Gasteiger partial charge on any atom is -0.336 e. The van der Waals surface area contributed by atoms with E-state index in [0.717, 1.165) is 11.3 Å². The lowest BCUT2D eigenvalue weighted by Crippen LogP contribution is -2.19. The van der Waals surface area contributed by atoms with Crippen LogP contribution in [0.25, 0.3) is 0 Å². The Hall–Kier alpha value is -0.350. The number of H-pyrrole nitrogens is 1. The van der Waals surface area contributed by atoms with E-state index in [1.807, 2.05) is 6.20 Å². The zero-order valence-corrected chi connectivity index (χ0v) is 9.34. The largest absolute Gasteiger partial charge is 0.336 e. The highest BCUT2D eigenvalue weighted by atomic mass is 79.9. The van der Waals surface area contributed by atoms with Gasteiger partial charge >= 0.3 is 0 Å². The van der Waals surface area contributed by atoms with Crippen LogP contribution in [-0.4, -0.2) is 34.5 Å². The van der Waals surface area contributed by atoms with E-state index in [9.17, 15) is 0 Å². The fraction of sp³-hybridized carbons (Fsp3) is 0.667. The summed E-state index contributed by atoms with van der Waals surface area (Å²) in [6, 6.07) is 0. The van der Waals surface area contributed by atoms with Gasteiger partial charge in [0.05, 0.1) is 0 Å². The van der Waals surface area contributed by atoms with Crippen LogP contribution >= 0.6 is 15.9 Å². The van der Waals surface area contributed by atoms with Crippen molar-refractivity contribution in [3.63, 3.8) is 0 Å². The fourth-order valence-electron chi connectivity index (χ4n) is 1.89. The summed E-state index contributed by atoms with van der Waals surface area (Å²) in [5.74, 6) is 0.652. The maximum absolute atomic E-state index is 4.15. The number of halogens is 1. The Morgan fingerprint density at radius 1 is 1.77 bits per heavy atom. The average molecular weight is 244 g/mol. The maximum Gasteiger partial charge on any atom is 0.174 e. The lowest BCUT2D eigenvalue weighted by Gasteiger charge is -2.11. The Morgan fingerprint density at radius 3 is 3.15 bits per heavy atom. The quantitative estimate of drug-likeness (QED) is 0.862. The van der Waals surface area contributed by atoms with Crippen LogP contribution in [0.15, 0.2) is 10.9 Å². The van der Waals surface area contributed by atoms with E-state index >= 15 is 0 Å². The summed E-state index contributed by atoms with van der Waals surface area (Å²) in [6.45, 7) is 5.76. The first kappa shape index (κ1) is 9.21.